The highest BCUT2D eigenvalue weighted by Crippen LogP contribution is 2.37. The van der Waals surface area contributed by atoms with Gasteiger partial charge < -0.3 is 24.1 Å². The second kappa shape index (κ2) is 10.4. The number of carboxylic acid groups (broad SMARTS) is 1. The van der Waals surface area contributed by atoms with Crippen LogP contribution < -0.4 is 5.32 Å². The Kier molecular flexibility index (Phi) is 7.80. The van der Waals surface area contributed by atoms with Crippen LogP contribution in [0.2, 0.25) is 0 Å². The number of nitrogens with zero attached hydrogens (tertiary/aromatic N) is 2. The minimum Gasteiger partial charge on any atom is -0.475 e. The fraction of sp³-hybridized carbons (Fsp3) is 0.571. The average Bonchev–Trinajstić information content (AvgIpc) is 3.49. The number of carbonyl (C=O) groups is 2. The minimum absolute atomic E-state index is 0.0527. The molecule has 0 bridgehead atoms. The molecule has 9 nitrogen and oxygen atoms in total. The van der Waals surface area contributed by atoms with Crippen molar-refractivity contribution in [2.45, 2.75) is 57.0 Å². The van der Waals surface area contributed by atoms with E-state index in [0.717, 1.165) is 56.8 Å². The number of hydrogen-bond donors (Lipinski definition) is 2. The molecule has 1 spiro atoms. The van der Waals surface area contributed by atoms with E-state index in [1.165, 1.54) is 6.26 Å². The summed E-state index contributed by atoms with van der Waals surface area (Å²) >= 11 is 0. The predicted molar refractivity (Wildman–Crippen MR) is 107 cm³/mol. The number of alkyl halides is 3. The highest BCUT2D eigenvalue weighted by Gasteiger charge is 2.43. The first-order valence-corrected chi connectivity index (χ1v) is 10.5. The topological polar surface area (TPSA) is 118 Å². The number of amides is 1. The van der Waals surface area contributed by atoms with Crippen molar-refractivity contribution < 1.29 is 41.5 Å². The summed E-state index contributed by atoms with van der Waals surface area (Å²) in [5.74, 6) is -1.76. The lowest BCUT2D eigenvalue weighted by Crippen LogP contribution is -2.46. The van der Waals surface area contributed by atoms with Crippen molar-refractivity contribution >= 4 is 11.9 Å². The van der Waals surface area contributed by atoms with Gasteiger partial charge in [-0.05, 0) is 44.7 Å². The first-order valence-electron chi connectivity index (χ1n) is 10.5. The van der Waals surface area contributed by atoms with E-state index in [0.29, 0.717) is 12.3 Å². The molecule has 2 saturated heterocycles. The number of carbonyl (C=O) groups excluding carboxylic acids is 1. The molecular formula is C21H26F3N3O6. The Morgan fingerprint density at radius 3 is 2.73 bits per heavy atom. The van der Waals surface area contributed by atoms with Gasteiger partial charge in [0.2, 0.25) is 0 Å². The number of ether oxygens (including phenoxy) is 1. The summed E-state index contributed by atoms with van der Waals surface area (Å²) < 4.78 is 48.5. The zero-order valence-electron chi connectivity index (χ0n) is 18.1. The van der Waals surface area contributed by atoms with Crippen molar-refractivity contribution in [2.24, 2.45) is 0 Å². The number of hydrogen-bond acceptors (Lipinski definition) is 7. The number of aryl methyl sites for hydroxylation is 1. The molecule has 2 fully saturated rings. The molecule has 2 aromatic rings. The lowest BCUT2D eigenvalue weighted by atomic mass is 9.90. The highest BCUT2D eigenvalue weighted by molar-refractivity contribution is 5.91. The van der Waals surface area contributed by atoms with Gasteiger partial charge in [-0.25, -0.2) is 4.79 Å². The maximum absolute atomic E-state index is 12.0. The van der Waals surface area contributed by atoms with E-state index in [1.54, 1.807) is 12.1 Å². The molecule has 0 saturated carbocycles. The van der Waals surface area contributed by atoms with Crippen LogP contribution in [0.3, 0.4) is 0 Å². The zero-order chi connectivity index (χ0) is 24.1. The standard InChI is InChI=1S/C19H25N3O4.C2HF3O2/c1-14-10-15(21-26-14)12-22-8-7-19(13-22)6-2-4-16(25-19)11-20-18(23)17-5-3-9-24-17;3-2(4,5)1(6)7/h3,5,9-10,16H,2,4,6-8,11-13H2,1H3,(H,20,23);(H,6,7)/t16-,19-;/m1./s1. The van der Waals surface area contributed by atoms with Crippen molar-refractivity contribution in [3.8, 4) is 0 Å². The van der Waals surface area contributed by atoms with E-state index in [9.17, 15) is 18.0 Å². The second-order valence-electron chi connectivity index (χ2n) is 8.19. The molecule has 0 radical (unpaired) electrons. The molecule has 2 atom stereocenters. The van der Waals surface area contributed by atoms with Crippen LogP contribution in [-0.2, 0) is 16.1 Å². The van der Waals surface area contributed by atoms with Gasteiger partial charge >= 0.3 is 12.1 Å². The molecule has 182 valence electrons. The van der Waals surface area contributed by atoms with Crippen LogP contribution in [0, 0.1) is 6.92 Å². The molecule has 4 heterocycles. The summed E-state index contributed by atoms with van der Waals surface area (Å²) in [4.78, 5) is 23.3. The Balaban J connectivity index is 0.000000383. The molecule has 0 aromatic carbocycles. The van der Waals surface area contributed by atoms with Crippen LogP contribution in [0.1, 0.15) is 47.7 Å². The predicted octanol–water partition coefficient (Wildman–Crippen LogP) is 3.15. The van der Waals surface area contributed by atoms with Crippen LogP contribution >= 0.6 is 0 Å². The van der Waals surface area contributed by atoms with Crippen molar-refractivity contribution in [3.05, 3.63) is 41.7 Å². The lowest BCUT2D eigenvalue weighted by molar-refractivity contribution is -0.192. The number of aliphatic carboxylic acids is 1. The Bertz CT molecular complexity index is 930. The molecule has 0 unspecified atom stereocenters. The largest absolute Gasteiger partial charge is 0.490 e. The van der Waals surface area contributed by atoms with Crippen LogP contribution in [0.15, 0.2) is 33.4 Å². The van der Waals surface area contributed by atoms with Crippen LogP contribution in [-0.4, -0.2) is 64.6 Å². The van der Waals surface area contributed by atoms with Crippen LogP contribution in [0.25, 0.3) is 0 Å². The molecule has 1 amide bonds. The summed E-state index contributed by atoms with van der Waals surface area (Å²) in [7, 11) is 0. The second-order valence-corrected chi connectivity index (χ2v) is 8.19. The van der Waals surface area contributed by atoms with E-state index in [-0.39, 0.29) is 17.6 Å². The van der Waals surface area contributed by atoms with Gasteiger partial charge in [-0.3, -0.25) is 9.69 Å². The number of likely N-dealkylation sites (tertiary alicyclic amines) is 1. The quantitative estimate of drug-likeness (QED) is 0.680. The monoisotopic (exact) mass is 473 g/mol. The first-order chi connectivity index (χ1) is 15.6. The Hall–Kier alpha value is -2.86. The normalized spacial score (nSPS) is 23.2. The van der Waals surface area contributed by atoms with Gasteiger partial charge in [0.25, 0.3) is 5.91 Å². The number of halogens is 3. The van der Waals surface area contributed by atoms with Crippen molar-refractivity contribution in [1.82, 2.24) is 15.4 Å². The van der Waals surface area contributed by atoms with Gasteiger partial charge in [0.05, 0.1) is 23.7 Å². The summed E-state index contributed by atoms with van der Waals surface area (Å²) in [6, 6.07) is 5.36. The van der Waals surface area contributed by atoms with Crippen LogP contribution in [0.5, 0.6) is 0 Å². The highest BCUT2D eigenvalue weighted by atomic mass is 19.4. The molecule has 2 aliphatic rings. The third-order valence-corrected chi connectivity index (χ3v) is 5.51. The maximum atomic E-state index is 12.0. The van der Waals surface area contributed by atoms with Gasteiger partial charge in [0.15, 0.2) is 5.76 Å². The van der Waals surface area contributed by atoms with Gasteiger partial charge in [0.1, 0.15) is 5.76 Å². The minimum atomic E-state index is -5.08. The number of nitrogens with one attached hydrogen (secondary N) is 1. The molecule has 0 aliphatic carbocycles. The molecule has 33 heavy (non-hydrogen) atoms. The van der Waals surface area contributed by atoms with Gasteiger partial charge in [-0.2, -0.15) is 13.2 Å². The van der Waals surface area contributed by atoms with Crippen LogP contribution in [0.4, 0.5) is 13.2 Å². The molecule has 2 aliphatic heterocycles. The number of aromatic nitrogens is 1. The van der Waals surface area contributed by atoms with Crippen molar-refractivity contribution in [1.29, 1.82) is 0 Å². The number of furan rings is 1. The van der Waals surface area contributed by atoms with E-state index in [1.807, 2.05) is 13.0 Å². The summed E-state index contributed by atoms with van der Waals surface area (Å²) in [5.41, 5.74) is 0.870. The van der Waals surface area contributed by atoms with E-state index in [2.05, 4.69) is 15.4 Å². The SMILES string of the molecule is Cc1cc(CN2CC[C@]3(CCC[C@H](CNC(=O)c4ccco4)O3)C2)no1.O=C(O)C(F)(F)F. The van der Waals surface area contributed by atoms with Gasteiger partial charge in [0, 0.05) is 32.2 Å². The fourth-order valence-electron chi connectivity index (χ4n) is 4.05. The molecule has 2 N–H and O–H groups in total. The Morgan fingerprint density at radius 1 is 1.36 bits per heavy atom. The Labute approximate surface area is 187 Å². The number of carboxylic acids is 1. The maximum Gasteiger partial charge on any atom is 0.490 e. The number of rotatable bonds is 5. The van der Waals surface area contributed by atoms with Crippen molar-refractivity contribution in [3.63, 3.8) is 0 Å². The molecular weight excluding hydrogens is 447 g/mol. The molecule has 4 rings (SSSR count). The molecule has 2 aromatic heterocycles. The Morgan fingerprint density at radius 2 is 2.12 bits per heavy atom. The van der Waals surface area contributed by atoms with Gasteiger partial charge in [-0.15, -0.1) is 0 Å². The van der Waals surface area contributed by atoms with E-state index >= 15 is 0 Å². The third kappa shape index (κ3) is 7.06. The smallest absolute Gasteiger partial charge is 0.475 e. The fourth-order valence-corrected chi connectivity index (χ4v) is 4.05. The average molecular weight is 473 g/mol. The third-order valence-electron chi connectivity index (χ3n) is 5.51. The first kappa shape index (κ1) is 24.8. The summed E-state index contributed by atoms with van der Waals surface area (Å²) in [6.07, 6.45) is 0.666. The summed E-state index contributed by atoms with van der Waals surface area (Å²) in [5, 5.41) is 14.1. The lowest BCUT2D eigenvalue weighted by Gasteiger charge is -2.38. The van der Waals surface area contributed by atoms with E-state index < -0.39 is 12.1 Å². The molecule has 12 heteroatoms. The zero-order valence-corrected chi connectivity index (χ0v) is 18.1. The summed E-state index contributed by atoms with van der Waals surface area (Å²) in [6.45, 7) is 5.12. The van der Waals surface area contributed by atoms with E-state index in [4.69, 9.17) is 23.6 Å². The van der Waals surface area contributed by atoms with Crippen molar-refractivity contribution in [2.75, 3.05) is 19.6 Å². The van der Waals surface area contributed by atoms with Gasteiger partial charge in [-0.1, -0.05) is 5.16 Å².